The molecule has 4 heteroatoms. The molecule has 2 aromatic carbocycles. The number of hydrogen-bond donors (Lipinski definition) is 2. The lowest BCUT2D eigenvalue weighted by molar-refractivity contribution is 0.0954. The molecule has 0 unspecified atom stereocenters. The fraction of sp³-hybridized carbons (Fsp3) is 0.350. The SMILES string of the molecule is CC[C@H](NC(=O)OCc1ccccc1)[C@H](O)CCc1ccccc1. The Morgan fingerprint density at radius 3 is 2.21 bits per heavy atom. The summed E-state index contributed by atoms with van der Waals surface area (Å²) in [6.07, 6.45) is 0.931. The van der Waals surface area contributed by atoms with Crippen LogP contribution in [0.25, 0.3) is 0 Å². The molecule has 0 aromatic heterocycles. The number of ether oxygens (including phenoxy) is 1. The van der Waals surface area contributed by atoms with Crippen LogP contribution in [0.1, 0.15) is 30.9 Å². The maximum Gasteiger partial charge on any atom is 0.407 e. The van der Waals surface area contributed by atoms with E-state index in [0.29, 0.717) is 12.8 Å². The summed E-state index contributed by atoms with van der Waals surface area (Å²) in [7, 11) is 0. The molecule has 2 atom stereocenters. The largest absolute Gasteiger partial charge is 0.445 e. The minimum Gasteiger partial charge on any atom is -0.445 e. The molecular formula is C20H25NO3. The molecule has 0 heterocycles. The van der Waals surface area contributed by atoms with Gasteiger partial charge in [-0.05, 0) is 30.4 Å². The molecule has 0 saturated heterocycles. The van der Waals surface area contributed by atoms with Crippen molar-refractivity contribution in [1.82, 2.24) is 5.32 Å². The van der Waals surface area contributed by atoms with Gasteiger partial charge in [-0.15, -0.1) is 0 Å². The van der Waals surface area contributed by atoms with Crippen molar-refractivity contribution in [3.63, 3.8) is 0 Å². The number of nitrogens with one attached hydrogen (secondary N) is 1. The zero-order valence-corrected chi connectivity index (χ0v) is 14.0. The standard InChI is InChI=1S/C20H25NO3/c1-2-18(19(22)14-13-16-9-5-3-6-10-16)21-20(23)24-15-17-11-7-4-8-12-17/h3-12,18-19,22H,2,13-15H2,1H3,(H,21,23)/t18-,19+/m0/s1. The summed E-state index contributed by atoms with van der Waals surface area (Å²) >= 11 is 0. The average molecular weight is 327 g/mol. The molecule has 128 valence electrons. The van der Waals surface area contributed by atoms with Crippen LogP contribution in [0.3, 0.4) is 0 Å². The molecule has 4 nitrogen and oxygen atoms in total. The predicted octanol–water partition coefficient (Wildman–Crippen LogP) is 3.69. The zero-order valence-electron chi connectivity index (χ0n) is 14.0. The molecule has 0 aliphatic rings. The highest BCUT2D eigenvalue weighted by Gasteiger charge is 2.20. The number of aryl methyl sites for hydroxylation is 1. The summed E-state index contributed by atoms with van der Waals surface area (Å²) in [5.74, 6) is 0. The molecule has 2 N–H and O–H groups in total. The lowest BCUT2D eigenvalue weighted by Gasteiger charge is -2.22. The van der Waals surface area contributed by atoms with Gasteiger partial charge in [0, 0.05) is 0 Å². The first kappa shape index (κ1) is 18.0. The van der Waals surface area contributed by atoms with Crippen LogP contribution < -0.4 is 5.32 Å². The molecule has 0 saturated carbocycles. The number of aliphatic hydroxyl groups is 1. The van der Waals surface area contributed by atoms with Crippen molar-refractivity contribution in [3.05, 3.63) is 71.8 Å². The van der Waals surface area contributed by atoms with E-state index in [0.717, 1.165) is 12.0 Å². The van der Waals surface area contributed by atoms with E-state index < -0.39 is 12.2 Å². The molecule has 24 heavy (non-hydrogen) atoms. The van der Waals surface area contributed by atoms with E-state index in [1.165, 1.54) is 5.56 Å². The molecule has 2 aromatic rings. The second-order valence-corrected chi connectivity index (χ2v) is 5.81. The first-order chi connectivity index (χ1) is 11.7. The van der Waals surface area contributed by atoms with Gasteiger partial charge in [0.15, 0.2) is 0 Å². The number of rotatable bonds is 8. The molecule has 0 fully saturated rings. The third-order valence-electron chi connectivity index (χ3n) is 3.99. The first-order valence-corrected chi connectivity index (χ1v) is 8.38. The van der Waals surface area contributed by atoms with Crippen LogP contribution in [0.4, 0.5) is 4.79 Å². The number of carbonyl (C=O) groups is 1. The minimum absolute atomic E-state index is 0.225. The highest BCUT2D eigenvalue weighted by molar-refractivity contribution is 5.67. The Hall–Kier alpha value is -2.33. The Labute approximate surface area is 143 Å². The van der Waals surface area contributed by atoms with E-state index in [1.807, 2.05) is 67.6 Å². The van der Waals surface area contributed by atoms with Crippen molar-refractivity contribution in [1.29, 1.82) is 0 Å². The number of amides is 1. The van der Waals surface area contributed by atoms with Crippen LogP contribution in [0.5, 0.6) is 0 Å². The normalized spacial score (nSPS) is 13.1. The molecule has 1 amide bonds. The maximum atomic E-state index is 11.9. The highest BCUT2D eigenvalue weighted by atomic mass is 16.5. The fourth-order valence-corrected chi connectivity index (χ4v) is 2.55. The Morgan fingerprint density at radius 2 is 1.62 bits per heavy atom. The zero-order chi connectivity index (χ0) is 17.2. The van der Waals surface area contributed by atoms with Crippen LogP contribution >= 0.6 is 0 Å². The highest BCUT2D eigenvalue weighted by Crippen LogP contribution is 2.10. The second kappa shape index (κ2) is 9.73. The van der Waals surface area contributed by atoms with E-state index in [-0.39, 0.29) is 12.6 Å². The van der Waals surface area contributed by atoms with Crippen LogP contribution in [0.2, 0.25) is 0 Å². The smallest absolute Gasteiger partial charge is 0.407 e. The quantitative estimate of drug-likeness (QED) is 0.777. The average Bonchev–Trinajstić information content (AvgIpc) is 2.64. The van der Waals surface area contributed by atoms with Crippen molar-refractivity contribution in [2.75, 3.05) is 0 Å². The van der Waals surface area contributed by atoms with E-state index in [4.69, 9.17) is 4.74 Å². The summed E-state index contributed by atoms with van der Waals surface area (Å²) in [6.45, 7) is 2.16. The molecule has 2 rings (SSSR count). The molecule has 0 bridgehead atoms. The van der Waals surface area contributed by atoms with Gasteiger partial charge in [0.05, 0.1) is 12.1 Å². The van der Waals surface area contributed by atoms with Crippen molar-refractivity contribution < 1.29 is 14.6 Å². The van der Waals surface area contributed by atoms with Crippen molar-refractivity contribution in [2.24, 2.45) is 0 Å². The number of carbonyl (C=O) groups excluding carboxylic acids is 1. The number of aliphatic hydroxyl groups excluding tert-OH is 1. The fourth-order valence-electron chi connectivity index (χ4n) is 2.55. The monoisotopic (exact) mass is 327 g/mol. The number of benzene rings is 2. The summed E-state index contributed by atoms with van der Waals surface area (Å²) in [5.41, 5.74) is 2.11. The van der Waals surface area contributed by atoms with Gasteiger partial charge in [-0.1, -0.05) is 67.6 Å². The second-order valence-electron chi connectivity index (χ2n) is 5.81. The van der Waals surface area contributed by atoms with Crippen molar-refractivity contribution in [2.45, 2.75) is 44.9 Å². The van der Waals surface area contributed by atoms with Crippen LogP contribution in [-0.2, 0) is 17.8 Å². The van der Waals surface area contributed by atoms with E-state index in [1.54, 1.807) is 0 Å². The van der Waals surface area contributed by atoms with Crippen molar-refractivity contribution >= 4 is 6.09 Å². The molecule has 0 spiro atoms. The van der Waals surface area contributed by atoms with Gasteiger partial charge < -0.3 is 15.2 Å². The summed E-state index contributed by atoms with van der Waals surface area (Å²) in [4.78, 5) is 11.9. The molecule has 0 aliphatic carbocycles. The van der Waals surface area contributed by atoms with Crippen molar-refractivity contribution in [3.8, 4) is 0 Å². The third kappa shape index (κ3) is 6.05. The van der Waals surface area contributed by atoms with E-state index in [2.05, 4.69) is 5.32 Å². The first-order valence-electron chi connectivity index (χ1n) is 8.38. The van der Waals surface area contributed by atoms with Gasteiger partial charge in [-0.3, -0.25) is 0 Å². The van der Waals surface area contributed by atoms with E-state index in [9.17, 15) is 9.90 Å². The Kier molecular flexibility index (Phi) is 7.30. The Balaban J connectivity index is 1.76. The number of hydrogen-bond acceptors (Lipinski definition) is 3. The summed E-state index contributed by atoms with van der Waals surface area (Å²) in [6, 6.07) is 19.2. The summed E-state index contributed by atoms with van der Waals surface area (Å²) < 4.78 is 5.21. The van der Waals surface area contributed by atoms with E-state index >= 15 is 0 Å². The lowest BCUT2D eigenvalue weighted by Crippen LogP contribution is -2.43. The molecule has 0 radical (unpaired) electrons. The number of alkyl carbamates (subject to hydrolysis) is 1. The Morgan fingerprint density at radius 1 is 1.04 bits per heavy atom. The van der Waals surface area contributed by atoms with Gasteiger partial charge in [-0.25, -0.2) is 4.79 Å². The van der Waals surface area contributed by atoms with Crippen LogP contribution in [0.15, 0.2) is 60.7 Å². The molecular weight excluding hydrogens is 302 g/mol. The maximum absolute atomic E-state index is 11.9. The van der Waals surface area contributed by atoms with Gasteiger partial charge in [-0.2, -0.15) is 0 Å². The minimum atomic E-state index is -0.598. The lowest BCUT2D eigenvalue weighted by atomic mass is 10.0. The van der Waals surface area contributed by atoms with Crippen LogP contribution in [0, 0.1) is 0 Å². The topological polar surface area (TPSA) is 58.6 Å². The Bertz CT molecular complexity index is 601. The van der Waals surface area contributed by atoms with Gasteiger partial charge in [0.2, 0.25) is 0 Å². The van der Waals surface area contributed by atoms with Crippen LogP contribution in [-0.4, -0.2) is 23.3 Å². The van der Waals surface area contributed by atoms with Gasteiger partial charge in [0.1, 0.15) is 6.61 Å². The molecule has 0 aliphatic heterocycles. The third-order valence-corrected chi connectivity index (χ3v) is 3.99. The van der Waals surface area contributed by atoms with Gasteiger partial charge >= 0.3 is 6.09 Å². The predicted molar refractivity (Wildman–Crippen MR) is 94.6 cm³/mol. The van der Waals surface area contributed by atoms with Gasteiger partial charge in [0.25, 0.3) is 0 Å². The summed E-state index contributed by atoms with van der Waals surface area (Å²) in [5, 5.41) is 13.1.